The topological polar surface area (TPSA) is 51.0 Å². The van der Waals surface area contributed by atoms with Crippen molar-refractivity contribution in [3.05, 3.63) is 33.7 Å². The lowest BCUT2D eigenvalue weighted by Gasteiger charge is -2.15. The van der Waals surface area contributed by atoms with Crippen LogP contribution in [0.15, 0.2) is 24.5 Å². The van der Waals surface area contributed by atoms with Crippen molar-refractivity contribution in [2.45, 2.75) is 12.5 Å². The van der Waals surface area contributed by atoms with Crippen LogP contribution in [0.1, 0.15) is 22.1 Å². The Morgan fingerprint density at radius 3 is 2.83 bits per heavy atom. The fourth-order valence-corrected chi connectivity index (χ4v) is 3.13. The minimum atomic E-state index is 0.0431. The number of thiophene rings is 1. The van der Waals surface area contributed by atoms with E-state index in [0.717, 1.165) is 13.0 Å². The van der Waals surface area contributed by atoms with Gasteiger partial charge in [-0.15, -0.1) is 11.3 Å². The van der Waals surface area contributed by atoms with E-state index in [0.29, 0.717) is 15.8 Å². The highest BCUT2D eigenvalue weighted by Gasteiger charge is 2.29. The van der Waals surface area contributed by atoms with Gasteiger partial charge in [-0.25, -0.2) is 0 Å². The number of aromatic nitrogens is 3. The van der Waals surface area contributed by atoms with Gasteiger partial charge >= 0.3 is 0 Å². The van der Waals surface area contributed by atoms with Crippen LogP contribution in [0, 0.1) is 0 Å². The lowest BCUT2D eigenvalue weighted by molar-refractivity contribution is 0.0791. The normalized spacial score (nSPS) is 19.4. The van der Waals surface area contributed by atoms with E-state index in [1.54, 1.807) is 29.3 Å². The molecule has 1 unspecified atom stereocenters. The molecule has 0 spiro atoms. The maximum atomic E-state index is 12.2. The molecule has 1 saturated heterocycles. The van der Waals surface area contributed by atoms with Crippen molar-refractivity contribution in [3.63, 3.8) is 0 Å². The van der Waals surface area contributed by atoms with E-state index >= 15 is 0 Å². The molecule has 0 N–H and O–H groups in total. The minimum absolute atomic E-state index is 0.0431. The highest BCUT2D eigenvalue weighted by Crippen LogP contribution is 2.26. The van der Waals surface area contributed by atoms with E-state index in [1.165, 1.54) is 11.3 Å². The van der Waals surface area contributed by atoms with E-state index in [-0.39, 0.29) is 11.9 Å². The summed E-state index contributed by atoms with van der Waals surface area (Å²) in [6.45, 7) is 1.39. The average Bonchev–Trinajstić information content (AvgIpc) is 3.09. The van der Waals surface area contributed by atoms with Gasteiger partial charge in [0.05, 0.1) is 27.6 Å². The molecule has 1 aliphatic heterocycles. The first-order valence-electron chi connectivity index (χ1n) is 5.64. The van der Waals surface area contributed by atoms with Gasteiger partial charge < -0.3 is 4.90 Å². The number of carbonyl (C=O) groups is 1. The fourth-order valence-electron chi connectivity index (χ4n) is 2.11. The standard InChI is InChI=1S/C11H11ClN4OS/c12-10-2-1-9(18-10)11(17)15-6-3-8(7-15)16-13-4-5-14-16/h1-2,4-5,8H,3,6-7H2. The van der Waals surface area contributed by atoms with Crippen molar-refractivity contribution in [1.82, 2.24) is 19.9 Å². The van der Waals surface area contributed by atoms with E-state index in [4.69, 9.17) is 11.6 Å². The minimum Gasteiger partial charge on any atom is -0.336 e. The molecule has 7 heteroatoms. The summed E-state index contributed by atoms with van der Waals surface area (Å²) in [4.78, 5) is 16.4. The first-order chi connectivity index (χ1) is 8.74. The Bertz CT molecular complexity index is 553. The van der Waals surface area contributed by atoms with Gasteiger partial charge in [-0.2, -0.15) is 15.0 Å². The number of rotatable bonds is 2. The molecule has 3 heterocycles. The van der Waals surface area contributed by atoms with Gasteiger partial charge in [-0.1, -0.05) is 11.6 Å². The molecule has 18 heavy (non-hydrogen) atoms. The molecule has 1 fully saturated rings. The average molecular weight is 283 g/mol. The maximum Gasteiger partial charge on any atom is 0.264 e. The van der Waals surface area contributed by atoms with Crippen LogP contribution in [-0.4, -0.2) is 38.9 Å². The Morgan fingerprint density at radius 2 is 2.17 bits per heavy atom. The van der Waals surface area contributed by atoms with Gasteiger partial charge in [0.25, 0.3) is 5.91 Å². The zero-order valence-electron chi connectivity index (χ0n) is 9.49. The Balaban J connectivity index is 1.70. The van der Waals surface area contributed by atoms with Crippen molar-refractivity contribution in [2.24, 2.45) is 0 Å². The summed E-state index contributed by atoms with van der Waals surface area (Å²) in [5.74, 6) is 0.0431. The molecule has 0 saturated carbocycles. The number of halogens is 1. The van der Waals surface area contributed by atoms with Crippen LogP contribution >= 0.6 is 22.9 Å². The predicted octanol–water partition coefficient (Wildman–Crippen LogP) is 2.08. The van der Waals surface area contributed by atoms with Crippen molar-refractivity contribution in [3.8, 4) is 0 Å². The number of likely N-dealkylation sites (tertiary alicyclic amines) is 1. The quantitative estimate of drug-likeness (QED) is 0.847. The summed E-state index contributed by atoms with van der Waals surface area (Å²) >= 11 is 7.16. The van der Waals surface area contributed by atoms with Crippen molar-refractivity contribution in [2.75, 3.05) is 13.1 Å². The molecule has 1 aliphatic rings. The lowest BCUT2D eigenvalue weighted by Crippen LogP contribution is -2.28. The Hall–Kier alpha value is -1.40. The first-order valence-corrected chi connectivity index (χ1v) is 6.84. The van der Waals surface area contributed by atoms with Gasteiger partial charge in [0.1, 0.15) is 0 Å². The fraction of sp³-hybridized carbons (Fsp3) is 0.364. The molecular weight excluding hydrogens is 272 g/mol. The second kappa shape index (κ2) is 4.70. The summed E-state index contributed by atoms with van der Waals surface area (Å²) in [5.41, 5.74) is 0. The molecule has 0 radical (unpaired) electrons. The summed E-state index contributed by atoms with van der Waals surface area (Å²) < 4.78 is 0.642. The van der Waals surface area contributed by atoms with E-state index in [9.17, 15) is 4.79 Å². The molecule has 5 nitrogen and oxygen atoms in total. The van der Waals surface area contributed by atoms with Gasteiger partial charge in [0.15, 0.2) is 0 Å². The van der Waals surface area contributed by atoms with E-state index in [2.05, 4.69) is 10.2 Å². The third-order valence-electron chi connectivity index (χ3n) is 3.00. The highest BCUT2D eigenvalue weighted by atomic mass is 35.5. The Labute approximate surface area is 113 Å². The van der Waals surface area contributed by atoms with Crippen molar-refractivity contribution >= 4 is 28.8 Å². The van der Waals surface area contributed by atoms with Crippen LogP contribution in [0.5, 0.6) is 0 Å². The SMILES string of the molecule is O=C(c1ccc(Cl)s1)N1CCC(n2nccn2)C1. The molecule has 1 atom stereocenters. The molecule has 2 aromatic rings. The molecule has 2 aromatic heterocycles. The largest absolute Gasteiger partial charge is 0.336 e. The number of hydrogen-bond acceptors (Lipinski definition) is 4. The van der Waals surface area contributed by atoms with Crippen LogP contribution in [-0.2, 0) is 0 Å². The molecule has 0 aliphatic carbocycles. The summed E-state index contributed by atoms with van der Waals surface area (Å²) in [5, 5.41) is 8.24. The Kier molecular flexibility index (Phi) is 3.05. The van der Waals surface area contributed by atoms with Crippen LogP contribution in [0.25, 0.3) is 0 Å². The smallest absolute Gasteiger partial charge is 0.264 e. The summed E-state index contributed by atoms with van der Waals surface area (Å²) in [7, 11) is 0. The molecule has 3 rings (SSSR count). The van der Waals surface area contributed by atoms with Gasteiger partial charge in [0, 0.05) is 13.1 Å². The third-order valence-corrected chi connectivity index (χ3v) is 4.22. The molecule has 94 valence electrons. The van der Waals surface area contributed by atoms with Crippen molar-refractivity contribution < 1.29 is 4.79 Å². The second-order valence-electron chi connectivity index (χ2n) is 4.15. The first kappa shape index (κ1) is 11.7. The Morgan fingerprint density at radius 1 is 1.39 bits per heavy atom. The summed E-state index contributed by atoms with van der Waals surface area (Å²) in [6, 6.07) is 3.70. The van der Waals surface area contributed by atoms with Crippen molar-refractivity contribution in [1.29, 1.82) is 0 Å². The van der Waals surface area contributed by atoms with Gasteiger partial charge in [0.2, 0.25) is 0 Å². The van der Waals surface area contributed by atoms with E-state index in [1.807, 2.05) is 4.90 Å². The molecular formula is C11H11ClN4OS. The molecule has 1 amide bonds. The number of carbonyl (C=O) groups excluding carboxylic acids is 1. The summed E-state index contributed by atoms with van der Waals surface area (Å²) in [6.07, 6.45) is 4.20. The van der Waals surface area contributed by atoms with Crippen LogP contribution in [0.3, 0.4) is 0 Å². The van der Waals surface area contributed by atoms with Crippen LogP contribution < -0.4 is 0 Å². The third kappa shape index (κ3) is 2.13. The lowest BCUT2D eigenvalue weighted by atomic mass is 10.3. The predicted molar refractivity (Wildman–Crippen MR) is 68.9 cm³/mol. The second-order valence-corrected chi connectivity index (χ2v) is 5.86. The highest BCUT2D eigenvalue weighted by molar-refractivity contribution is 7.17. The monoisotopic (exact) mass is 282 g/mol. The zero-order valence-corrected chi connectivity index (χ0v) is 11.1. The van der Waals surface area contributed by atoms with Gasteiger partial charge in [-0.05, 0) is 18.6 Å². The van der Waals surface area contributed by atoms with Crippen LogP contribution in [0.2, 0.25) is 4.34 Å². The number of nitrogens with zero attached hydrogens (tertiary/aromatic N) is 4. The molecule has 0 aromatic carbocycles. The van der Waals surface area contributed by atoms with Crippen LogP contribution in [0.4, 0.5) is 0 Å². The maximum absolute atomic E-state index is 12.2. The molecule has 0 bridgehead atoms. The van der Waals surface area contributed by atoms with Gasteiger partial charge in [-0.3, -0.25) is 4.79 Å². The number of hydrogen-bond donors (Lipinski definition) is 0. The zero-order chi connectivity index (χ0) is 12.5. The number of amides is 1. The van der Waals surface area contributed by atoms with E-state index < -0.39 is 0 Å².